The largest absolute Gasteiger partial charge is 0.454 e. The van der Waals surface area contributed by atoms with Gasteiger partial charge >= 0.3 is 0 Å². The van der Waals surface area contributed by atoms with E-state index in [1.807, 2.05) is 47.4 Å². The predicted molar refractivity (Wildman–Crippen MR) is 127 cm³/mol. The zero-order valence-electron chi connectivity index (χ0n) is 19.1. The first-order valence-electron chi connectivity index (χ1n) is 11.9. The van der Waals surface area contributed by atoms with E-state index in [2.05, 4.69) is 35.2 Å². The normalized spacial score (nSPS) is 20.1. The highest BCUT2D eigenvalue weighted by atomic mass is 16.7. The van der Waals surface area contributed by atoms with Crippen LogP contribution in [-0.4, -0.2) is 41.7 Å². The van der Waals surface area contributed by atoms with Crippen LogP contribution >= 0.6 is 0 Å². The van der Waals surface area contributed by atoms with E-state index < -0.39 is 0 Å². The maximum Gasteiger partial charge on any atom is 0.256 e. The first-order chi connectivity index (χ1) is 16.7. The molecule has 6 nitrogen and oxygen atoms in total. The van der Waals surface area contributed by atoms with Crippen LogP contribution < -0.4 is 9.47 Å². The van der Waals surface area contributed by atoms with Crippen LogP contribution in [-0.2, 0) is 17.8 Å². The summed E-state index contributed by atoms with van der Waals surface area (Å²) >= 11 is 0. The van der Waals surface area contributed by atoms with Gasteiger partial charge in [-0.2, -0.15) is 0 Å². The van der Waals surface area contributed by atoms with Gasteiger partial charge in [0.05, 0.1) is 6.10 Å². The molecule has 3 aromatic rings. The van der Waals surface area contributed by atoms with Gasteiger partial charge in [0.15, 0.2) is 17.7 Å². The van der Waals surface area contributed by atoms with Crippen molar-refractivity contribution >= 4 is 5.91 Å². The van der Waals surface area contributed by atoms with Crippen molar-refractivity contribution in [2.45, 2.75) is 38.3 Å². The van der Waals surface area contributed by atoms with Crippen LogP contribution in [0.5, 0.6) is 11.5 Å². The highest BCUT2D eigenvalue weighted by Gasteiger charge is 2.39. The van der Waals surface area contributed by atoms with Crippen molar-refractivity contribution in [2.24, 2.45) is 0 Å². The van der Waals surface area contributed by atoms with Crippen molar-refractivity contribution in [3.05, 3.63) is 95.1 Å². The fraction of sp³-hybridized carbons (Fsp3) is 0.321. The van der Waals surface area contributed by atoms with Gasteiger partial charge in [-0.25, -0.2) is 0 Å². The summed E-state index contributed by atoms with van der Waals surface area (Å²) in [6, 6.07) is 24.3. The van der Waals surface area contributed by atoms with E-state index in [1.54, 1.807) is 0 Å². The molecule has 0 N–H and O–H groups in total. The van der Waals surface area contributed by atoms with Gasteiger partial charge in [0.25, 0.3) is 5.91 Å². The Morgan fingerprint density at radius 1 is 0.824 bits per heavy atom. The fourth-order valence-corrected chi connectivity index (χ4v) is 5.10. The van der Waals surface area contributed by atoms with Crippen molar-refractivity contribution in [2.75, 3.05) is 19.9 Å². The lowest BCUT2D eigenvalue weighted by Crippen LogP contribution is -2.39. The van der Waals surface area contributed by atoms with Crippen LogP contribution in [0.25, 0.3) is 0 Å². The number of carbonyl (C=O) groups excluding carboxylic acids is 1. The van der Waals surface area contributed by atoms with Crippen molar-refractivity contribution in [1.29, 1.82) is 0 Å². The van der Waals surface area contributed by atoms with Gasteiger partial charge in [0.2, 0.25) is 6.79 Å². The monoisotopic (exact) mass is 456 g/mol. The topological polar surface area (TPSA) is 51.2 Å². The summed E-state index contributed by atoms with van der Waals surface area (Å²) < 4.78 is 17.6. The van der Waals surface area contributed by atoms with E-state index in [9.17, 15) is 4.79 Å². The Balaban J connectivity index is 1.16. The molecule has 0 bridgehead atoms. The number of rotatable bonds is 6. The number of fused-ring (bicyclic) bond motifs is 2. The van der Waals surface area contributed by atoms with Crippen LogP contribution in [0.15, 0.2) is 72.8 Å². The molecule has 0 aliphatic carbocycles. The lowest BCUT2D eigenvalue weighted by atomic mass is 10.1. The van der Waals surface area contributed by atoms with Gasteiger partial charge in [0, 0.05) is 37.3 Å². The average molecular weight is 457 g/mol. The lowest BCUT2D eigenvalue weighted by Gasteiger charge is -2.35. The first kappa shape index (κ1) is 21.2. The molecule has 34 heavy (non-hydrogen) atoms. The van der Waals surface area contributed by atoms with Crippen LogP contribution in [0, 0.1) is 0 Å². The highest BCUT2D eigenvalue weighted by Crippen LogP contribution is 2.39. The van der Waals surface area contributed by atoms with Crippen LogP contribution in [0.2, 0.25) is 0 Å². The van der Waals surface area contributed by atoms with Gasteiger partial charge in [-0.1, -0.05) is 54.6 Å². The third-order valence-corrected chi connectivity index (χ3v) is 6.90. The van der Waals surface area contributed by atoms with Gasteiger partial charge in [-0.15, -0.1) is 0 Å². The number of nitrogens with zero attached hydrogens (tertiary/aromatic N) is 2. The molecular formula is C28H28N2O4. The number of benzene rings is 3. The highest BCUT2D eigenvalue weighted by molar-refractivity contribution is 5.98. The Bertz CT molecular complexity index is 1170. The lowest BCUT2D eigenvalue weighted by molar-refractivity contribution is -0.102. The maximum atomic E-state index is 13.3. The van der Waals surface area contributed by atoms with Crippen molar-refractivity contribution in [3.8, 4) is 11.5 Å². The summed E-state index contributed by atoms with van der Waals surface area (Å²) in [6.07, 6.45) is 1.66. The van der Waals surface area contributed by atoms with E-state index in [-0.39, 0.29) is 25.0 Å². The summed E-state index contributed by atoms with van der Waals surface area (Å²) in [5.74, 6) is 1.49. The Morgan fingerprint density at radius 3 is 2.44 bits per heavy atom. The Labute approximate surface area is 199 Å². The number of carbonyl (C=O) groups is 1. The first-order valence-corrected chi connectivity index (χ1v) is 11.9. The maximum absolute atomic E-state index is 13.3. The molecule has 174 valence electrons. The molecule has 1 unspecified atom stereocenters. The third kappa shape index (κ3) is 4.15. The SMILES string of the molecule is O=C1c2ccccc2C(OC2CCN(Cc3ccccc3)CC2)N1Cc1ccc2c(c1)OCO2. The second-order valence-corrected chi connectivity index (χ2v) is 9.16. The van der Waals surface area contributed by atoms with Crippen LogP contribution in [0.4, 0.5) is 0 Å². The van der Waals surface area contributed by atoms with Gasteiger partial charge in [-0.05, 0) is 42.2 Å². The van der Waals surface area contributed by atoms with Gasteiger partial charge < -0.3 is 19.1 Å². The molecule has 6 heteroatoms. The van der Waals surface area contributed by atoms with Crippen LogP contribution in [0.3, 0.4) is 0 Å². The minimum Gasteiger partial charge on any atom is -0.454 e. The zero-order chi connectivity index (χ0) is 22.9. The molecule has 6 rings (SSSR count). The number of likely N-dealkylation sites (tertiary alicyclic amines) is 1. The number of ether oxygens (including phenoxy) is 3. The summed E-state index contributed by atoms with van der Waals surface area (Å²) in [4.78, 5) is 17.6. The Hall–Kier alpha value is -3.35. The third-order valence-electron chi connectivity index (χ3n) is 6.90. The number of hydrogen-bond donors (Lipinski definition) is 0. The van der Waals surface area contributed by atoms with Gasteiger partial charge in [0.1, 0.15) is 0 Å². The average Bonchev–Trinajstić information content (AvgIpc) is 3.44. The molecule has 0 radical (unpaired) electrons. The minimum atomic E-state index is -0.375. The Morgan fingerprint density at radius 2 is 1.59 bits per heavy atom. The van der Waals surface area contributed by atoms with E-state index in [0.29, 0.717) is 6.54 Å². The second-order valence-electron chi connectivity index (χ2n) is 9.16. The molecule has 1 atom stereocenters. The molecule has 0 saturated carbocycles. The molecule has 3 heterocycles. The fourth-order valence-electron chi connectivity index (χ4n) is 5.10. The molecule has 1 fully saturated rings. The van der Waals surface area contributed by atoms with Crippen molar-refractivity contribution < 1.29 is 19.0 Å². The second kappa shape index (κ2) is 9.12. The molecule has 3 aliphatic heterocycles. The van der Waals surface area contributed by atoms with Crippen molar-refractivity contribution in [3.63, 3.8) is 0 Å². The molecule has 1 saturated heterocycles. The van der Waals surface area contributed by atoms with Crippen molar-refractivity contribution in [1.82, 2.24) is 9.80 Å². The standard InChI is InChI=1S/C28H28N2O4/c31-27-23-8-4-5-9-24(23)28(30(27)18-21-10-11-25-26(16-21)33-19-32-25)34-22-12-14-29(15-13-22)17-20-6-2-1-3-7-20/h1-11,16,22,28H,12-15,17-19H2. The quantitative estimate of drug-likeness (QED) is 0.536. The Kier molecular flexibility index (Phi) is 5.69. The molecule has 1 amide bonds. The summed E-state index contributed by atoms with van der Waals surface area (Å²) in [5.41, 5.74) is 4.03. The van der Waals surface area contributed by atoms with E-state index in [0.717, 1.165) is 60.7 Å². The summed E-state index contributed by atoms with van der Waals surface area (Å²) in [6.45, 7) is 3.64. The smallest absolute Gasteiger partial charge is 0.256 e. The zero-order valence-corrected chi connectivity index (χ0v) is 19.1. The predicted octanol–water partition coefficient (Wildman–Crippen LogP) is 4.75. The number of amides is 1. The van der Waals surface area contributed by atoms with Gasteiger partial charge in [-0.3, -0.25) is 9.69 Å². The number of piperidine rings is 1. The molecule has 0 spiro atoms. The summed E-state index contributed by atoms with van der Waals surface area (Å²) in [7, 11) is 0. The van der Waals surface area contributed by atoms with E-state index in [4.69, 9.17) is 14.2 Å². The summed E-state index contributed by atoms with van der Waals surface area (Å²) in [5, 5.41) is 0. The molecular weight excluding hydrogens is 428 g/mol. The molecule has 0 aromatic heterocycles. The molecule has 3 aromatic carbocycles. The molecule has 3 aliphatic rings. The van der Waals surface area contributed by atoms with E-state index in [1.165, 1.54) is 5.56 Å². The number of hydrogen-bond acceptors (Lipinski definition) is 5. The van der Waals surface area contributed by atoms with Crippen LogP contribution in [0.1, 0.15) is 46.1 Å². The van der Waals surface area contributed by atoms with E-state index >= 15 is 0 Å². The minimum absolute atomic E-state index is 0.0137.